The Bertz CT molecular complexity index is 447. The number of carbonyl (C=O) groups is 1. The van der Waals surface area contributed by atoms with Gasteiger partial charge in [-0.3, -0.25) is 9.69 Å². The molecule has 3 nitrogen and oxygen atoms in total. The van der Waals surface area contributed by atoms with Gasteiger partial charge in [-0.1, -0.05) is 44.5 Å². The second kappa shape index (κ2) is 7.60. The first kappa shape index (κ1) is 16.0. The fraction of sp³-hybridized carbons (Fsp3) is 0.611. The predicted octanol–water partition coefficient (Wildman–Crippen LogP) is 3.89. The number of hydrogen-bond acceptors (Lipinski definition) is 2. The number of rotatable bonds is 6. The van der Waals surface area contributed by atoms with Gasteiger partial charge in [-0.2, -0.15) is 0 Å². The Labute approximate surface area is 128 Å². The highest BCUT2D eigenvalue weighted by Gasteiger charge is 2.24. The topological polar surface area (TPSA) is 40.5 Å². The molecule has 1 saturated heterocycles. The van der Waals surface area contributed by atoms with Crippen molar-refractivity contribution >= 4 is 5.97 Å². The summed E-state index contributed by atoms with van der Waals surface area (Å²) < 4.78 is 0. The monoisotopic (exact) mass is 289 g/mol. The molecular formula is C18H27NO2. The van der Waals surface area contributed by atoms with Gasteiger partial charge in [-0.05, 0) is 49.4 Å². The molecule has 0 spiro atoms. The molecule has 1 aliphatic rings. The molecule has 1 N–H and O–H groups in total. The van der Waals surface area contributed by atoms with Crippen molar-refractivity contribution in [2.24, 2.45) is 5.92 Å². The number of aliphatic carboxylic acids is 1. The minimum absolute atomic E-state index is 0.0240. The van der Waals surface area contributed by atoms with E-state index < -0.39 is 5.97 Å². The number of piperidine rings is 1. The number of carboxylic acid groups (broad SMARTS) is 1. The van der Waals surface area contributed by atoms with Crippen molar-refractivity contribution in [3.63, 3.8) is 0 Å². The Morgan fingerprint density at radius 2 is 1.76 bits per heavy atom. The fourth-order valence-corrected chi connectivity index (χ4v) is 3.20. The van der Waals surface area contributed by atoms with Crippen molar-refractivity contribution in [3.05, 3.63) is 35.4 Å². The summed E-state index contributed by atoms with van der Waals surface area (Å²) in [7, 11) is 0. The molecule has 1 heterocycles. The van der Waals surface area contributed by atoms with E-state index in [1.54, 1.807) is 0 Å². The third kappa shape index (κ3) is 4.85. The second-order valence-electron chi connectivity index (χ2n) is 6.55. The third-order valence-electron chi connectivity index (χ3n) is 4.21. The van der Waals surface area contributed by atoms with Gasteiger partial charge in [0, 0.05) is 6.04 Å². The molecule has 1 aromatic carbocycles. The lowest BCUT2D eigenvalue weighted by atomic mass is 9.96. The van der Waals surface area contributed by atoms with Gasteiger partial charge in [-0.25, -0.2) is 0 Å². The Balaban J connectivity index is 2.13. The number of hydrogen-bond donors (Lipinski definition) is 1. The SMILES string of the molecule is CC(C)Cc1ccc(C(CC(=O)O)N2CCCCC2)cc1. The number of carboxylic acids is 1. The lowest BCUT2D eigenvalue weighted by Crippen LogP contribution is -2.35. The zero-order valence-electron chi connectivity index (χ0n) is 13.2. The molecule has 1 fully saturated rings. The van der Waals surface area contributed by atoms with Gasteiger partial charge >= 0.3 is 5.97 Å². The maximum Gasteiger partial charge on any atom is 0.305 e. The van der Waals surface area contributed by atoms with E-state index in [9.17, 15) is 9.90 Å². The summed E-state index contributed by atoms with van der Waals surface area (Å²) in [4.78, 5) is 13.6. The highest BCUT2D eigenvalue weighted by Crippen LogP contribution is 2.28. The molecule has 0 aromatic heterocycles. The molecule has 3 heteroatoms. The Kier molecular flexibility index (Phi) is 5.80. The maximum absolute atomic E-state index is 11.2. The van der Waals surface area contributed by atoms with Crippen LogP contribution >= 0.6 is 0 Å². The van der Waals surface area contributed by atoms with Crippen LogP contribution in [0.25, 0.3) is 0 Å². The molecule has 0 saturated carbocycles. The van der Waals surface area contributed by atoms with Crippen molar-refractivity contribution in [1.82, 2.24) is 4.90 Å². The van der Waals surface area contributed by atoms with Crippen molar-refractivity contribution in [3.8, 4) is 0 Å². The van der Waals surface area contributed by atoms with E-state index in [2.05, 4.69) is 43.0 Å². The average molecular weight is 289 g/mol. The standard InChI is InChI=1S/C18H27NO2/c1-14(2)12-15-6-8-16(9-7-15)17(13-18(20)21)19-10-4-3-5-11-19/h6-9,14,17H,3-5,10-13H2,1-2H3,(H,20,21). The van der Waals surface area contributed by atoms with Crippen LogP contribution in [0.2, 0.25) is 0 Å². The maximum atomic E-state index is 11.2. The molecule has 0 aliphatic carbocycles. The minimum atomic E-state index is -0.711. The van der Waals surface area contributed by atoms with Gasteiger partial charge in [0.15, 0.2) is 0 Å². The molecule has 1 unspecified atom stereocenters. The lowest BCUT2D eigenvalue weighted by Gasteiger charge is -2.34. The van der Waals surface area contributed by atoms with Gasteiger partial charge < -0.3 is 5.11 Å². The first-order chi connectivity index (χ1) is 10.1. The molecule has 1 aromatic rings. The molecule has 0 radical (unpaired) electrons. The van der Waals surface area contributed by atoms with Crippen LogP contribution in [-0.2, 0) is 11.2 Å². The van der Waals surface area contributed by atoms with Crippen LogP contribution in [0.5, 0.6) is 0 Å². The molecule has 116 valence electrons. The zero-order valence-corrected chi connectivity index (χ0v) is 13.2. The molecule has 1 atom stereocenters. The van der Waals surface area contributed by atoms with Gasteiger partial charge in [0.1, 0.15) is 0 Å². The molecule has 0 bridgehead atoms. The summed E-state index contributed by atoms with van der Waals surface area (Å²) in [6, 6.07) is 8.60. The van der Waals surface area contributed by atoms with E-state index in [0.717, 1.165) is 25.1 Å². The number of likely N-dealkylation sites (tertiary alicyclic amines) is 1. The Morgan fingerprint density at radius 3 is 2.29 bits per heavy atom. The molecule has 0 amide bonds. The summed E-state index contributed by atoms with van der Waals surface area (Å²) >= 11 is 0. The summed E-state index contributed by atoms with van der Waals surface area (Å²) in [5.41, 5.74) is 2.48. The van der Waals surface area contributed by atoms with Gasteiger partial charge in [-0.15, -0.1) is 0 Å². The van der Waals surface area contributed by atoms with Gasteiger partial charge in [0.25, 0.3) is 0 Å². The van der Waals surface area contributed by atoms with Crippen LogP contribution in [0.1, 0.15) is 56.7 Å². The van der Waals surface area contributed by atoms with Crippen LogP contribution in [0.15, 0.2) is 24.3 Å². The zero-order chi connectivity index (χ0) is 15.2. The summed E-state index contributed by atoms with van der Waals surface area (Å²) in [5, 5.41) is 9.22. The highest BCUT2D eigenvalue weighted by molar-refractivity contribution is 5.68. The van der Waals surface area contributed by atoms with Crippen molar-refractivity contribution < 1.29 is 9.90 Å². The van der Waals surface area contributed by atoms with Crippen LogP contribution in [-0.4, -0.2) is 29.1 Å². The quantitative estimate of drug-likeness (QED) is 0.863. The predicted molar refractivity (Wildman–Crippen MR) is 85.4 cm³/mol. The Hall–Kier alpha value is -1.35. The van der Waals surface area contributed by atoms with Crippen LogP contribution in [0.3, 0.4) is 0 Å². The fourth-order valence-electron chi connectivity index (χ4n) is 3.20. The van der Waals surface area contributed by atoms with Crippen LogP contribution in [0.4, 0.5) is 0 Å². The van der Waals surface area contributed by atoms with Crippen molar-refractivity contribution in [2.45, 2.75) is 52.0 Å². The van der Waals surface area contributed by atoms with Crippen molar-refractivity contribution in [2.75, 3.05) is 13.1 Å². The molecule has 21 heavy (non-hydrogen) atoms. The van der Waals surface area contributed by atoms with Crippen molar-refractivity contribution in [1.29, 1.82) is 0 Å². The number of nitrogens with zero attached hydrogens (tertiary/aromatic N) is 1. The summed E-state index contributed by atoms with van der Waals surface area (Å²) in [6.07, 6.45) is 4.91. The summed E-state index contributed by atoms with van der Waals surface area (Å²) in [6.45, 7) is 6.47. The lowest BCUT2D eigenvalue weighted by molar-refractivity contribution is -0.138. The largest absolute Gasteiger partial charge is 0.481 e. The van der Waals surface area contributed by atoms with Gasteiger partial charge in [0.2, 0.25) is 0 Å². The second-order valence-corrected chi connectivity index (χ2v) is 6.55. The van der Waals surface area contributed by atoms with E-state index in [-0.39, 0.29) is 12.5 Å². The van der Waals surface area contributed by atoms with E-state index in [4.69, 9.17) is 0 Å². The molecule has 2 rings (SSSR count). The first-order valence-corrected chi connectivity index (χ1v) is 8.11. The first-order valence-electron chi connectivity index (χ1n) is 8.11. The van der Waals surface area contributed by atoms with Crippen LogP contribution < -0.4 is 0 Å². The molecule has 1 aliphatic heterocycles. The molecular weight excluding hydrogens is 262 g/mol. The normalized spacial score (nSPS) is 17.9. The van der Waals surface area contributed by atoms with E-state index >= 15 is 0 Å². The minimum Gasteiger partial charge on any atom is -0.481 e. The average Bonchev–Trinajstić information content (AvgIpc) is 2.46. The summed E-state index contributed by atoms with van der Waals surface area (Å²) in [5.74, 6) is -0.0652. The van der Waals surface area contributed by atoms with E-state index in [1.807, 2.05) is 0 Å². The highest BCUT2D eigenvalue weighted by atomic mass is 16.4. The third-order valence-corrected chi connectivity index (χ3v) is 4.21. The Morgan fingerprint density at radius 1 is 1.14 bits per heavy atom. The number of benzene rings is 1. The van der Waals surface area contributed by atoms with Gasteiger partial charge in [0.05, 0.1) is 6.42 Å². The van der Waals surface area contributed by atoms with E-state index in [1.165, 1.54) is 24.8 Å². The smallest absolute Gasteiger partial charge is 0.305 e. The van der Waals surface area contributed by atoms with Crippen LogP contribution in [0, 0.1) is 5.92 Å². The van der Waals surface area contributed by atoms with E-state index in [0.29, 0.717) is 5.92 Å².